The van der Waals surface area contributed by atoms with Gasteiger partial charge in [0.25, 0.3) is 11.8 Å². The van der Waals surface area contributed by atoms with Crippen LogP contribution in [-0.2, 0) is 24.8 Å². The van der Waals surface area contributed by atoms with Gasteiger partial charge in [0.15, 0.2) is 10.8 Å². The van der Waals surface area contributed by atoms with Crippen LogP contribution in [0.25, 0.3) is 0 Å². The molecule has 1 unspecified atom stereocenters. The standard InChI is InChI=1S/C34H30ClN5O5S2/c1-2-45-39-26(29(41)37-27-30(42)40-28(32(43)44)21(18-35)19-46-31(27)40)25-20-47-33(36-25)38-34(22-12-6-3-7-13-22,23-14-8-4-9-15-23)24-16-10-5-11-17-24/h3-17,20,27,31H,2,18-19H2,1H3,(H,36,38)(H,37,41)(H,43,44)/b39-26-/t27?,31-/m0/s1. The summed E-state index contributed by atoms with van der Waals surface area (Å²) in [4.78, 5) is 50.0. The number of hydrogen-bond acceptors (Lipinski definition) is 9. The van der Waals surface area contributed by atoms with Crippen molar-refractivity contribution < 1.29 is 24.3 Å². The number of rotatable bonds is 12. The summed E-state index contributed by atoms with van der Waals surface area (Å²) in [6, 6.07) is 29.2. The number of halogens is 1. The average molecular weight is 688 g/mol. The summed E-state index contributed by atoms with van der Waals surface area (Å²) in [6.07, 6.45) is 0. The topological polar surface area (TPSA) is 133 Å². The number of oxime groups is 1. The lowest BCUT2D eigenvalue weighted by molar-refractivity contribution is -0.150. The second kappa shape index (κ2) is 14.0. The number of nitrogens with zero attached hydrogens (tertiary/aromatic N) is 3. The van der Waals surface area contributed by atoms with E-state index in [-0.39, 0.29) is 29.6 Å². The number of nitrogens with one attached hydrogen (secondary N) is 2. The normalized spacial score (nSPS) is 17.9. The second-order valence-electron chi connectivity index (χ2n) is 10.6. The maximum absolute atomic E-state index is 13.7. The van der Waals surface area contributed by atoms with E-state index in [0.29, 0.717) is 16.5 Å². The van der Waals surface area contributed by atoms with Gasteiger partial charge in [-0.05, 0) is 29.2 Å². The highest BCUT2D eigenvalue weighted by Crippen LogP contribution is 2.42. The van der Waals surface area contributed by atoms with Gasteiger partial charge in [0, 0.05) is 17.0 Å². The van der Waals surface area contributed by atoms with E-state index >= 15 is 0 Å². The maximum Gasteiger partial charge on any atom is 0.352 e. The number of aromatic nitrogens is 1. The number of fused-ring (bicyclic) bond motifs is 1. The molecule has 0 spiro atoms. The number of alkyl halides is 1. The van der Waals surface area contributed by atoms with Crippen LogP contribution in [0, 0.1) is 0 Å². The Labute approximate surface area is 284 Å². The van der Waals surface area contributed by atoms with Crippen molar-refractivity contribution in [1.29, 1.82) is 0 Å². The van der Waals surface area contributed by atoms with Crippen LogP contribution in [0.2, 0.25) is 0 Å². The first kappa shape index (κ1) is 32.3. The van der Waals surface area contributed by atoms with E-state index in [0.717, 1.165) is 16.7 Å². The summed E-state index contributed by atoms with van der Waals surface area (Å²) >= 11 is 8.59. The summed E-state index contributed by atoms with van der Waals surface area (Å²) in [6.45, 7) is 1.94. The highest BCUT2D eigenvalue weighted by atomic mass is 35.5. The van der Waals surface area contributed by atoms with Gasteiger partial charge in [-0.2, -0.15) is 0 Å². The second-order valence-corrected chi connectivity index (χ2v) is 12.9. The van der Waals surface area contributed by atoms with Gasteiger partial charge in [0.2, 0.25) is 0 Å². The van der Waals surface area contributed by atoms with Crippen LogP contribution in [0.3, 0.4) is 0 Å². The van der Waals surface area contributed by atoms with E-state index < -0.39 is 34.7 Å². The molecule has 10 nitrogen and oxygen atoms in total. The zero-order valence-corrected chi connectivity index (χ0v) is 27.5. The lowest BCUT2D eigenvalue weighted by atomic mass is 9.77. The number of thiazole rings is 1. The fourth-order valence-electron chi connectivity index (χ4n) is 5.71. The van der Waals surface area contributed by atoms with E-state index in [1.165, 1.54) is 28.0 Å². The first-order valence-corrected chi connectivity index (χ1v) is 17.2. The fraction of sp³-hybridized carbons (Fsp3) is 0.206. The molecular formula is C34H30ClN5O5S2. The van der Waals surface area contributed by atoms with Crippen molar-refractivity contribution in [3.63, 3.8) is 0 Å². The largest absolute Gasteiger partial charge is 0.477 e. The third-order valence-electron chi connectivity index (χ3n) is 7.86. The van der Waals surface area contributed by atoms with Gasteiger partial charge in [-0.25, -0.2) is 9.78 Å². The summed E-state index contributed by atoms with van der Waals surface area (Å²) < 4.78 is 0. The van der Waals surface area contributed by atoms with Gasteiger partial charge in [-0.1, -0.05) is 96.2 Å². The highest BCUT2D eigenvalue weighted by Gasteiger charge is 2.54. The number of benzene rings is 3. The molecule has 2 atom stereocenters. The van der Waals surface area contributed by atoms with E-state index in [4.69, 9.17) is 21.4 Å². The molecule has 3 N–H and O–H groups in total. The molecule has 6 rings (SSSR count). The smallest absolute Gasteiger partial charge is 0.352 e. The van der Waals surface area contributed by atoms with Gasteiger partial charge in [0.05, 0.1) is 0 Å². The van der Waals surface area contributed by atoms with Crippen molar-refractivity contribution in [1.82, 2.24) is 15.2 Å². The van der Waals surface area contributed by atoms with E-state index in [2.05, 4.69) is 52.2 Å². The van der Waals surface area contributed by atoms with E-state index in [9.17, 15) is 19.5 Å². The van der Waals surface area contributed by atoms with Gasteiger partial charge < -0.3 is 20.6 Å². The molecule has 2 aliphatic heterocycles. The Hall–Kier alpha value is -4.65. The molecule has 1 fully saturated rings. The summed E-state index contributed by atoms with van der Waals surface area (Å²) in [5.41, 5.74) is 2.59. The minimum absolute atomic E-state index is 0.00633. The van der Waals surface area contributed by atoms with Gasteiger partial charge >= 0.3 is 5.97 Å². The Kier molecular flexibility index (Phi) is 9.62. The van der Waals surface area contributed by atoms with Crippen molar-refractivity contribution in [3.8, 4) is 0 Å². The van der Waals surface area contributed by atoms with Crippen molar-refractivity contribution >= 4 is 63.3 Å². The molecule has 3 aromatic carbocycles. The molecule has 2 aliphatic rings. The van der Waals surface area contributed by atoms with Crippen molar-refractivity contribution in [3.05, 3.63) is 130 Å². The number of carbonyl (C=O) groups is 3. The van der Waals surface area contributed by atoms with E-state index in [1.807, 2.05) is 54.6 Å². The molecule has 3 heterocycles. The number of thioether (sulfide) groups is 1. The Morgan fingerprint density at radius 1 is 1.02 bits per heavy atom. The summed E-state index contributed by atoms with van der Waals surface area (Å²) in [5.74, 6) is -2.11. The summed E-state index contributed by atoms with van der Waals surface area (Å²) in [5, 5.41) is 21.9. The van der Waals surface area contributed by atoms with Crippen LogP contribution < -0.4 is 10.6 Å². The van der Waals surface area contributed by atoms with Crippen LogP contribution in [0.4, 0.5) is 5.13 Å². The molecule has 240 valence electrons. The average Bonchev–Trinajstić information content (AvgIpc) is 3.57. The predicted octanol–water partition coefficient (Wildman–Crippen LogP) is 5.27. The molecular weight excluding hydrogens is 658 g/mol. The van der Waals surface area contributed by atoms with Gasteiger partial charge in [-0.3, -0.25) is 14.5 Å². The number of aliphatic carboxylic acids is 1. The quantitative estimate of drug-likeness (QED) is 0.0604. The Morgan fingerprint density at radius 3 is 2.11 bits per heavy atom. The zero-order chi connectivity index (χ0) is 33.0. The van der Waals surface area contributed by atoms with E-state index in [1.54, 1.807) is 12.3 Å². The number of amides is 2. The van der Waals surface area contributed by atoms with Crippen LogP contribution in [0.15, 0.2) is 113 Å². The first-order valence-electron chi connectivity index (χ1n) is 14.8. The third kappa shape index (κ3) is 6.11. The molecule has 4 aromatic rings. The molecule has 1 aromatic heterocycles. The Balaban J connectivity index is 1.31. The molecule has 0 saturated carbocycles. The number of carboxylic acids is 1. The lowest BCUT2D eigenvalue weighted by Gasteiger charge is -2.49. The number of hydrogen-bond donors (Lipinski definition) is 3. The number of carbonyl (C=O) groups excluding carboxylic acids is 2. The first-order chi connectivity index (χ1) is 22.9. The van der Waals surface area contributed by atoms with Crippen molar-refractivity contribution in [2.75, 3.05) is 23.6 Å². The van der Waals surface area contributed by atoms with Crippen LogP contribution in [-0.4, -0.2) is 68.1 Å². The summed E-state index contributed by atoms with van der Waals surface area (Å²) in [7, 11) is 0. The Morgan fingerprint density at radius 2 is 1.60 bits per heavy atom. The molecule has 1 saturated heterocycles. The molecule has 0 radical (unpaired) electrons. The molecule has 13 heteroatoms. The molecule has 2 amide bonds. The van der Waals surface area contributed by atoms with Crippen LogP contribution in [0.5, 0.6) is 0 Å². The molecule has 47 heavy (non-hydrogen) atoms. The highest BCUT2D eigenvalue weighted by molar-refractivity contribution is 8.00. The SMILES string of the molecule is CCO/N=C(\C(=O)NC1C(=O)N2C(C(=O)O)=C(CCl)CS[C@@H]12)c1csc(NC(c2ccccc2)(c2ccccc2)c2ccccc2)n1. The molecule has 0 bridgehead atoms. The zero-order valence-electron chi connectivity index (χ0n) is 25.1. The minimum atomic E-state index is -1.23. The minimum Gasteiger partial charge on any atom is -0.477 e. The van der Waals surface area contributed by atoms with Gasteiger partial charge in [0.1, 0.15) is 35.0 Å². The van der Waals surface area contributed by atoms with Crippen LogP contribution in [0.1, 0.15) is 29.3 Å². The third-order valence-corrected chi connectivity index (χ3v) is 10.3. The van der Waals surface area contributed by atoms with Crippen molar-refractivity contribution in [2.24, 2.45) is 5.16 Å². The predicted molar refractivity (Wildman–Crippen MR) is 184 cm³/mol. The monoisotopic (exact) mass is 687 g/mol. The fourth-order valence-corrected chi connectivity index (χ4v) is 8.14. The van der Waals surface area contributed by atoms with Crippen molar-refractivity contribution in [2.45, 2.75) is 23.9 Å². The molecule has 0 aliphatic carbocycles. The number of carboxylic acid groups (broad SMARTS) is 1. The maximum atomic E-state index is 13.7. The number of anilines is 1. The number of β-lactam (4-membered cyclic amide) rings is 1. The van der Waals surface area contributed by atoms with Crippen LogP contribution >= 0.6 is 34.7 Å². The lowest BCUT2D eigenvalue weighted by Crippen LogP contribution is -2.71. The van der Waals surface area contributed by atoms with Gasteiger partial charge in [-0.15, -0.1) is 34.7 Å². The Bertz CT molecular complexity index is 1740.